The molecule has 1 aromatic heterocycles. The van der Waals surface area contributed by atoms with Gasteiger partial charge in [-0.25, -0.2) is 9.37 Å². The average molecular weight is 456 g/mol. The molecule has 1 unspecified atom stereocenters. The summed E-state index contributed by atoms with van der Waals surface area (Å²) in [6.07, 6.45) is 2.29. The Balaban J connectivity index is 1.68. The second kappa shape index (κ2) is 11.5. The van der Waals surface area contributed by atoms with Gasteiger partial charge in [-0.05, 0) is 49.2 Å². The van der Waals surface area contributed by atoms with Crippen molar-refractivity contribution in [3.8, 4) is 11.5 Å². The van der Waals surface area contributed by atoms with Gasteiger partial charge in [0.25, 0.3) is 5.91 Å². The summed E-state index contributed by atoms with van der Waals surface area (Å²) in [4.78, 5) is 19.1. The van der Waals surface area contributed by atoms with Crippen LogP contribution in [0.4, 0.5) is 4.39 Å². The maximum Gasteiger partial charge on any atom is 0.273 e. The minimum absolute atomic E-state index is 0.204. The highest BCUT2D eigenvalue weighted by Crippen LogP contribution is 2.27. The second-order valence-electron chi connectivity index (χ2n) is 7.78. The molecular weight excluding hydrogens is 425 g/mol. The zero-order chi connectivity index (χ0) is 23.8. The van der Waals surface area contributed by atoms with Crippen molar-refractivity contribution in [2.24, 2.45) is 0 Å². The van der Waals surface area contributed by atoms with Gasteiger partial charge >= 0.3 is 0 Å². The van der Waals surface area contributed by atoms with Gasteiger partial charge in [0, 0.05) is 24.7 Å². The highest BCUT2D eigenvalue weighted by Gasteiger charge is 2.20. The van der Waals surface area contributed by atoms with Crippen LogP contribution in [0, 0.1) is 5.82 Å². The SMILES string of the molecule is CCC(C)N(Cc1nc(C(=O)NCc2ccc(F)cc2)co1)Cc1cc(OC)ccc1OC. The number of amides is 1. The molecule has 1 N–H and O–H groups in total. The van der Waals surface area contributed by atoms with Gasteiger partial charge in [-0.3, -0.25) is 9.69 Å². The molecule has 0 saturated heterocycles. The Labute approximate surface area is 193 Å². The number of aromatic nitrogens is 1. The van der Waals surface area contributed by atoms with E-state index in [1.165, 1.54) is 18.4 Å². The first-order chi connectivity index (χ1) is 15.9. The average Bonchev–Trinajstić information content (AvgIpc) is 3.31. The van der Waals surface area contributed by atoms with Crippen molar-refractivity contribution in [1.29, 1.82) is 0 Å². The van der Waals surface area contributed by atoms with Crippen molar-refractivity contribution in [3.05, 3.63) is 77.3 Å². The molecule has 1 amide bonds. The van der Waals surface area contributed by atoms with E-state index in [9.17, 15) is 9.18 Å². The lowest BCUT2D eigenvalue weighted by atomic mass is 10.1. The number of carbonyl (C=O) groups is 1. The zero-order valence-electron chi connectivity index (χ0n) is 19.4. The van der Waals surface area contributed by atoms with Crippen LogP contribution in [-0.4, -0.2) is 36.1 Å². The number of hydrogen-bond donors (Lipinski definition) is 1. The lowest BCUT2D eigenvalue weighted by Crippen LogP contribution is -2.32. The Bertz CT molecular complexity index is 1050. The molecule has 0 spiro atoms. The van der Waals surface area contributed by atoms with Crippen molar-refractivity contribution < 1.29 is 23.1 Å². The van der Waals surface area contributed by atoms with Crippen LogP contribution >= 0.6 is 0 Å². The number of methoxy groups -OCH3 is 2. The van der Waals surface area contributed by atoms with E-state index >= 15 is 0 Å². The normalized spacial score (nSPS) is 11.9. The smallest absolute Gasteiger partial charge is 0.273 e. The number of hydrogen-bond acceptors (Lipinski definition) is 6. The van der Waals surface area contributed by atoms with E-state index in [-0.39, 0.29) is 30.0 Å². The minimum Gasteiger partial charge on any atom is -0.497 e. The van der Waals surface area contributed by atoms with Gasteiger partial charge in [-0.2, -0.15) is 0 Å². The third-order valence-electron chi connectivity index (χ3n) is 5.56. The summed E-state index contributed by atoms with van der Waals surface area (Å²) in [6.45, 7) is 5.55. The van der Waals surface area contributed by atoms with Gasteiger partial charge in [-0.1, -0.05) is 19.1 Å². The Morgan fingerprint density at radius 3 is 2.58 bits per heavy atom. The first kappa shape index (κ1) is 24.3. The number of halogens is 1. The first-order valence-corrected chi connectivity index (χ1v) is 10.9. The van der Waals surface area contributed by atoms with Crippen LogP contribution < -0.4 is 14.8 Å². The largest absolute Gasteiger partial charge is 0.497 e. The highest BCUT2D eigenvalue weighted by molar-refractivity contribution is 5.91. The minimum atomic E-state index is -0.348. The van der Waals surface area contributed by atoms with Crippen molar-refractivity contribution in [1.82, 2.24) is 15.2 Å². The molecule has 3 rings (SSSR count). The predicted molar refractivity (Wildman–Crippen MR) is 123 cm³/mol. The van der Waals surface area contributed by atoms with Crippen molar-refractivity contribution in [2.45, 2.75) is 45.9 Å². The number of oxazole rings is 1. The second-order valence-corrected chi connectivity index (χ2v) is 7.78. The number of rotatable bonds is 11. The molecule has 8 heteroatoms. The van der Waals surface area contributed by atoms with E-state index in [1.54, 1.807) is 26.4 Å². The lowest BCUT2D eigenvalue weighted by Gasteiger charge is -2.28. The Hall–Kier alpha value is -3.39. The molecule has 0 aliphatic heterocycles. The lowest BCUT2D eigenvalue weighted by molar-refractivity contribution is 0.0945. The fourth-order valence-electron chi connectivity index (χ4n) is 3.39. The number of ether oxygens (including phenoxy) is 2. The van der Waals surface area contributed by atoms with Crippen LogP contribution in [0.1, 0.15) is 47.8 Å². The summed E-state index contributed by atoms with van der Waals surface area (Å²) < 4.78 is 29.5. The van der Waals surface area contributed by atoms with Crippen LogP contribution in [0.25, 0.3) is 0 Å². The third-order valence-corrected chi connectivity index (χ3v) is 5.56. The van der Waals surface area contributed by atoms with Crippen molar-refractivity contribution in [3.63, 3.8) is 0 Å². The maximum absolute atomic E-state index is 13.0. The molecule has 0 fully saturated rings. The number of nitrogens with one attached hydrogen (secondary N) is 1. The van der Waals surface area contributed by atoms with Gasteiger partial charge in [0.15, 0.2) is 5.69 Å². The first-order valence-electron chi connectivity index (χ1n) is 10.9. The Morgan fingerprint density at radius 2 is 1.91 bits per heavy atom. The zero-order valence-corrected chi connectivity index (χ0v) is 19.4. The maximum atomic E-state index is 13.0. The molecule has 0 aliphatic rings. The number of nitrogens with zero attached hydrogens (tertiary/aromatic N) is 2. The van der Waals surface area contributed by atoms with Crippen LogP contribution in [0.3, 0.4) is 0 Å². The summed E-state index contributed by atoms with van der Waals surface area (Å²) in [7, 11) is 3.28. The molecule has 176 valence electrons. The number of carbonyl (C=O) groups excluding carboxylic acids is 1. The fourth-order valence-corrected chi connectivity index (χ4v) is 3.39. The van der Waals surface area contributed by atoms with Crippen molar-refractivity contribution >= 4 is 5.91 Å². The van der Waals surface area contributed by atoms with Crippen LogP contribution in [0.5, 0.6) is 11.5 Å². The van der Waals surface area contributed by atoms with Gasteiger partial charge in [0.1, 0.15) is 23.6 Å². The summed E-state index contributed by atoms with van der Waals surface area (Å²) in [5.74, 6) is 1.31. The van der Waals surface area contributed by atoms with E-state index in [2.05, 4.69) is 29.0 Å². The molecule has 3 aromatic rings. The molecule has 1 atom stereocenters. The molecule has 1 heterocycles. The standard InChI is InChI=1S/C25H30FN3O4/c1-5-17(2)29(14-19-12-21(31-3)10-11-23(19)32-4)15-24-28-22(16-33-24)25(30)27-13-18-6-8-20(26)9-7-18/h6-12,16-17H,5,13-15H2,1-4H3,(H,27,30). The van der Waals surface area contributed by atoms with Crippen LogP contribution in [0.2, 0.25) is 0 Å². The van der Waals surface area contributed by atoms with E-state index in [1.807, 2.05) is 18.2 Å². The molecule has 2 aromatic carbocycles. The molecule has 0 aliphatic carbocycles. The molecular formula is C25H30FN3O4. The highest BCUT2D eigenvalue weighted by atomic mass is 19.1. The molecule has 0 radical (unpaired) electrons. The molecule has 0 saturated carbocycles. The van der Waals surface area contributed by atoms with E-state index in [0.29, 0.717) is 19.0 Å². The predicted octanol–water partition coefficient (Wildman–Crippen LogP) is 4.56. The van der Waals surface area contributed by atoms with E-state index in [0.717, 1.165) is 29.0 Å². The summed E-state index contributed by atoms with van der Waals surface area (Å²) in [5.41, 5.74) is 1.99. The topological polar surface area (TPSA) is 76.8 Å². The third kappa shape index (κ3) is 6.55. The number of benzene rings is 2. The fraction of sp³-hybridized carbons (Fsp3) is 0.360. The van der Waals surface area contributed by atoms with Crippen LogP contribution in [-0.2, 0) is 19.6 Å². The molecule has 33 heavy (non-hydrogen) atoms. The summed E-state index contributed by atoms with van der Waals surface area (Å²) in [5, 5.41) is 2.77. The Morgan fingerprint density at radius 1 is 1.15 bits per heavy atom. The molecule has 0 bridgehead atoms. The summed E-state index contributed by atoms with van der Waals surface area (Å²) in [6, 6.07) is 11.9. The quantitative estimate of drug-likeness (QED) is 0.457. The van der Waals surface area contributed by atoms with Gasteiger partial charge in [0.05, 0.1) is 20.8 Å². The molecule has 7 nitrogen and oxygen atoms in total. The van der Waals surface area contributed by atoms with Crippen molar-refractivity contribution in [2.75, 3.05) is 14.2 Å². The van der Waals surface area contributed by atoms with Gasteiger partial charge in [-0.15, -0.1) is 0 Å². The van der Waals surface area contributed by atoms with Crippen LogP contribution in [0.15, 0.2) is 53.1 Å². The van der Waals surface area contributed by atoms with Gasteiger partial charge < -0.3 is 19.2 Å². The van der Waals surface area contributed by atoms with E-state index < -0.39 is 0 Å². The van der Waals surface area contributed by atoms with E-state index in [4.69, 9.17) is 13.9 Å². The Kier molecular flexibility index (Phi) is 8.43. The van der Waals surface area contributed by atoms with Gasteiger partial charge in [0.2, 0.25) is 5.89 Å². The monoisotopic (exact) mass is 455 g/mol. The summed E-state index contributed by atoms with van der Waals surface area (Å²) >= 11 is 0.